The summed E-state index contributed by atoms with van der Waals surface area (Å²) >= 11 is 2.95. The van der Waals surface area contributed by atoms with Gasteiger partial charge >= 0.3 is 11.8 Å². The van der Waals surface area contributed by atoms with E-state index < -0.39 is 40.8 Å². The quantitative estimate of drug-likeness (QED) is 0.324. The molecule has 2 aromatic carbocycles. The van der Waals surface area contributed by atoms with E-state index in [0.717, 1.165) is 30.3 Å². The monoisotopic (exact) mass is 459 g/mol. The summed E-state index contributed by atoms with van der Waals surface area (Å²) in [5.41, 5.74) is -5.09. The first kappa shape index (κ1) is 20.3. The Kier molecular flexibility index (Phi) is 4.76. The zero-order valence-electron chi connectivity index (χ0n) is 13.9. The van der Waals surface area contributed by atoms with Gasteiger partial charge in [0.15, 0.2) is 11.3 Å². The molecule has 3 nitrogen and oxygen atoms in total. The fourth-order valence-corrected chi connectivity index (χ4v) is 3.88. The summed E-state index contributed by atoms with van der Waals surface area (Å²) in [4.78, 5) is 3.07. The maximum atomic E-state index is 14.4. The summed E-state index contributed by atoms with van der Waals surface area (Å²) in [6, 6.07) is 4.80. The van der Waals surface area contributed by atoms with E-state index in [1.54, 1.807) is 0 Å². The maximum Gasteiger partial charge on any atom is 0.346 e. The SMILES string of the molecule is [C-]#[N+]c1cc(F)cc(Oc2ccc3c(c2Br)[C@](O)(CC=C)C(F)(F)C3(F)F)c1. The van der Waals surface area contributed by atoms with Crippen LogP contribution in [0.25, 0.3) is 4.85 Å². The number of fused-ring (bicyclic) bond motifs is 1. The Morgan fingerprint density at radius 3 is 2.50 bits per heavy atom. The van der Waals surface area contributed by atoms with Gasteiger partial charge in [-0.2, -0.15) is 17.6 Å². The second-order valence-electron chi connectivity index (χ2n) is 6.16. The van der Waals surface area contributed by atoms with Crippen molar-refractivity contribution in [2.24, 2.45) is 0 Å². The highest BCUT2D eigenvalue weighted by Gasteiger charge is 2.76. The predicted molar refractivity (Wildman–Crippen MR) is 94.4 cm³/mol. The van der Waals surface area contributed by atoms with Crippen molar-refractivity contribution in [2.45, 2.75) is 23.9 Å². The van der Waals surface area contributed by atoms with Crippen LogP contribution in [-0.2, 0) is 11.5 Å². The minimum atomic E-state index is -4.80. The van der Waals surface area contributed by atoms with Crippen LogP contribution < -0.4 is 4.74 Å². The zero-order chi connectivity index (χ0) is 20.9. The Morgan fingerprint density at radius 1 is 1.21 bits per heavy atom. The van der Waals surface area contributed by atoms with Crippen molar-refractivity contribution in [3.63, 3.8) is 0 Å². The minimum Gasteiger partial charge on any atom is -0.457 e. The van der Waals surface area contributed by atoms with Crippen LogP contribution in [0.4, 0.5) is 27.6 Å². The lowest BCUT2D eigenvalue weighted by Gasteiger charge is -2.32. The molecule has 1 atom stereocenters. The molecule has 0 unspecified atom stereocenters. The van der Waals surface area contributed by atoms with Crippen LogP contribution in [0.15, 0.2) is 47.5 Å². The molecule has 0 amide bonds. The Labute approximate surface area is 165 Å². The standard InChI is InChI=1S/C19H11BrF5NO2/c1-3-6-17(27)15-13(18(22,23)19(17,24)25)4-5-14(16(15)20)28-12-8-10(21)7-11(9-12)26-2/h3-5,7-9,27H,1,6H2/t17-/m1/s1. The van der Waals surface area contributed by atoms with Crippen LogP contribution in [0.1, 0.15) is 17.5 Å². The minimum absolute atomic E-state index is 0.0755. The van der Waals surface area contributed by atoms with Crippen LogP contribution in [-0.4, -0.2) is 11.0 Å². The Morgan fingerprint density at radius 2 is 1.89 bits per heavy atom. The number of halogens is 6. The van der Waals surface area contributed by atoms with E-state index in [0.29, 0.717) is 0 Å². The van der Waals surface area contributed by atoms with E-state index >= 15 is 0 Å². The first-order valence-electron chi connectivity index (χ1n) is 7.78. The Bertz CT molecular complexity index is 1020. The molecule has 0 spiro atoms. The van der Waals surface area contributed by atoms with Crippen LogP contribution >= 0.6 is 15.9 Å². The lowest BCUT2D eigenvalue weighted by atomic mass is 9.89. The Balaban J connectivity index is 2.17. The van der Waals surface area contributed by atoms with E-state index in [-0.39, 0.29) is 21.7 Å². The second-order valence-corrected chi connectivity index (χ2v) is 6.95. The molecule has 28 heavy (non-hydrogen) atoms. The van der Waals surface area contributed by atoms with Gasteiger partial charge in [0, 0.05) is 23.6 Å². The van der Waals surface area contributed by atoms with Crippen molar-refractivity contribution in [3.05, 3.63) is 75.8 Å². The molecule has 1 aliphatic carbocycles. The molecular formula is C19H11BrF5NO2. The molecular weight excluding hydrogens is 449 g/mol. The van der Waals surface area contributed by atoms with Crippen molar-refractivity contribution < 1.29 is 31.8 Å². The van der Waals surface area contributed by atoms with Crippen LogP contribution in [0.3, 0.4) is 0 Å². The number of alkyl halides is 4. The van der Waals surface area contributed by atoms with Gasteiger partial charge < -0.3 is 9.84 Å². The van der Waals surface area contributed by atoms with Gasteiger partial charge in [0.2, 0.25) is 0 Å². The predicted octanol–water partition coefficient (Wildman–Crippen LogP) is 6.44. The number of hydrogen-bond donors (Lipinski definition) is 1. The molecule has 0 bridgehead atoms. The van der Waals surface area contributed by atoms with E-state index in [1.165, 1.54) is 6.07 Å². The average molecular weight is 460 g/mol. The highest BCUT2D eigenvalue weighted by atomic mass is 79.9. The molecule has 0 heterocycles. The molecule has 3 rings (SSSR count). The highest BCUT2D eigenvalue weighted by Crippen LogP contribution is 2.64. The first-order chi connectivity index (χ1) is 13.0. The fraction of sp³-hybridized carbons (Fsp3) is 0.211. The number of hydrogen-bond acceptors (Lipinski definition) is 2. The molecule has 0 saturated carbocycles. The lowest BCUT2D eigenvalue weighted by Crippen LogP contribution is -2.48. The summed E-state index contributed by atoms with van der Waals surface area (Å²) in [5, 5.41) is 10.5. The van der Waals surface area contributed by atoms with Gasteiger partial charge in [0.25, 0.3) is 0 Å². The topological polar surface area (TPSA) is 33.8 Å². The van der Waals surface area contributed by atoms with Crippen molar-refractivity contribution >= 4 is 21.6 Å². The van der Waals surface area contributed by atoms with Gasteiger partial charge in [0.1, 0.15) is 17.3 Å². The van der Waals surface area contributed by atoms with E-state index in [1.807, 2.05) is 0 Å². The summed E-state index contributed by atoms with van der Waals surface area (Å²) in [6.07, 6.45) is 0.0696. The highest BCUT2D eigenvalue weighted by molar-refractivity contribution is 9.10. The van der Waals surface area contributed by atoms with Crippen molar-refractivity contribution in [2.75, 3.05) is 0 Å². The van der Waals surface area contributed by atoms with Crippen molar-refractivity contribution in [1.29, 1.82) is 0 Å². The molecule has 1 aliphatic rings. The normalized spacial score (nSPS) is 21.6. The van der Waals surface area contributed by atoms with Gasteiger partial charge in [-0.05, 0) is 40.2 Å². The van der Waals surface area contributed by atoms with Crippen molar-refractivity contribution in [3.8, 4) is 11.5 Å². The van der Waals surface area contributed by atoms with Crippen molar-refractivity contribution in [1.82, 2.24) is 0 Å². The summed E-state index contributed by atoms with van der Waals surface area (Å²) in [7, 11) is 0. The molecule has 0 fully saturated rings. The fourth-order valence-electron chi connectivity index (χ4n) is 3.13. The number of aliphatic hydroxyl groups is 1. The summed E-state index contributed by atoms with van der Waals surface area (Å²) < 4.78 is 76.2. The molecule has 0 saturated heterocycles. The lowest BCUT2D eigenvalue weighted by molar-refractivity contribution is -0.285. The molecule has 1 N–H and O–H groups in total. The van der Waals surface area contributed by atoms with Crippen LogP contribution in [0.2, 0.25) is 0 Å². The largest absolute Gasteiger partial charge is 0.457 e. The molecule has 0 aliphatic heterocycles. The molecule has 0 radical (unpaired) electrons. The van der Waals surface area contributed by atoms with Gasteiger partial charge in [0.05, 0.1) is 11.0 Å². The zero-order valence-corrected chi connectivity index (χ0v) is 15.5. The Hall–Kier alpha value is -2.44. The van der Waals surface area contributed by atoms with Crippen LogP contribution in [0, 0.1) is 12.4 Å². The second kappa shape index (κ2) is 6.57. The number of ether oxygens (including phenoxy) is 1. The average Bonchev–Trinajstić information content (AvgIpc) is 2.73. The van der Waals surface area contributed by atoms with Gasteiger partial charge in [-0.25, -0.2) is 9.24 Å². The third-order valence-corrected chi connectivity index (χ3v) is 5.21. The molecule has 0 aromatic heterocycles. The smallest absolute Gasteiger partial charge is 0.346 e. The van der Waals surface area contributed by atoms with Gasteiger partial charge in [-0.3, -0.25) is 0 Å². The molecule has 146 valence electrons. The molecule has 9 heteroatoms. The number of nitrogens with zero attached hydrogens (tertiary/aromatic N) is 1. The number of benzene rings is 2. The van der Waals surface area contributed by atoms with E-state index in [2.05, 4.69) is 27.4 Å². The maximum absolute atomic E-state index is 14.4. The van der Waals surface area contributed by atoms with E-state index in [9.17, 15) is 27.1 Å². The van der Waals surface area contributed by atoms with E-state index in [4.69, 9.17) is 11.3 Å². The third kappa shape index (κ3) is 2.71. The number of rotatable bonds is 4. The van der Waals surface area contributed by atoms with Gasteiger partial charge in [-0.15, -0.1) is 6.58 Å². The van der Waals surface area contributed by atoms with Crippen LogP contribution in [0.5, 0.6) is 11.5 Å². The molecule has 2 aromatic rings. The first-order valence-corrected chi connectivity index (χ1v) is 8.57. The summed E-state index contributed by atoms with van der Waals surface area (Å²) in [5.74, 6) is -10.6. The summed E-state index contributed by atoms with van der Waals surface area (Å²) in [6.45, 7) is 10.2. The van der Waals surface area contributed by atoms with Gasteiger partial charge in [-0.1, -0.05) is 6.08 Å². The third-order valence-electron chi connectivity index (χ3n) is 4.42.